The Morgan fingerprint density at radius 1 is 1.12 bits per heavy atom. The maximum Gasteiger partial charge on any atom is 0.194 e. The molecule has 2 aromatic carbocycles. The Morgan fingerprint density at radius 2 is 1.76 bits per heavy atom. The van der Waals surface area contributed by atoms with E-state index in [4.69, 9.17) is 0 Å². The SMILES string of the molecule is O=C(c1ccc(F)cc1)c1cc(I)ccc1Br. The van der Waals surface area contributed by atoms with Crippen molar-refractivity contribution in [2.24, 2.45) is 0 Å². The van der Waals surface area contributed by atoms with Crippen LogP contribution >= 0.6 is 38.5 Å². The van der Waals surface area contributed by atoms with Gasteiger partial charge >= 0.3 is 0 Å². The first-order chi connectivity index (χ1) is 8.08. The summed E-state index contributed by atoms with van der Waals surface area (Å²) in [6, 6.07) is 11.1. The second kappa shape index (κ2) is 5.27. The molecule has 0 unspecified atom stereocenters. The number of rotatable bonds is 2. The highest BCUT2D eigenvalue weighted by Crippen LogP contribution is 2.22. The van der Waals surface area contributed by atoms with Crippen molar-refractivity contribution in [3.05, 3.63) is 67.5 Å². The van der Waals surface area contributed by atoms with Crippen LogP contribution in [0.25, 0.3) is 0 Å². The average Bonchev–Trinajstić information content (AvgIpc) is 2.32. The van der Waals surface area contributed by atoms with E-state index in [2.05, 4.69) is 38.5 Å². The molecule has 0 radical (unpaired) electrons. The normalized spacial score (nSPS) is 10.3. The number of carbonyl (C=O) groups excluding carboxylic acids is 1. The summed E-state index contributed by atoms with van der Waals surface area (Å²) in [6.45, 7) is 0. The van der Waals surface area contributed by atoms with Crippen molar-refractivity contribution >= 4 is 44.3 Å². The van der Waals surface area contributed by atoms with Crippen molar-refractivity contribution in [3.8, 4) is 0 Å². The number of benzene rings is 2. The zero-order valence-electron chi connectivity index (χ0n) is 8.58. The zero-order valence-corrected chi connectivity index (χ0v) is 12.3. The quantitative estimate of drug-likeness (QED) is 0.534. The highest BCUT2D eigenvalue weighted by molar-refractivity contribution is 14.1. The largest absolute Gasteiger partial charge is 0.289 e. The number of hydrogen-bond acceptors (Lipinski definition) is 1. The smallest absolute Gasteiger partial charge is 0.194 e. The number of halogens is 3. The maximum absolute atomic E-state index is 12.8. The first-order valence-corrected chi connectivity index (χ1v) is 6.70. The predicted molar refractivity (Wildman–Crippen MR) is 76.7 cm³/mol. The summed E-state index contributed by atoms with van der Waals surface area (Å²) in [4.78, 5) is 12.2. The summed E-state index contributed by atoms with van der Waals surface area (Å²) >= 11 is 5.49. The van der Waals surface area contributed by atoms with Crippen molar-refractivity contribution in [1.82, 2.24) is 0 Å². The van der Waals surface area contributed by atoms with E-state index >= 15 is 0 Å². The van der Waals surface area contributed by atoms with E-state index in [0.29, 0.717) is 11.1 Å². The Morgan fingerprint density at radius 3 is 2.41 bits per heavy atom. The first-order valence-electron chi connectivity index (χ1n) is 4.83. The molecular formula is C13H7BrFIO. The Balaban J connectivity index is 2.43. The van der Waals surface area contributed by atoms with Gasteiger partial charge in [0.25, 0.3) is 0 Å². The molecule has 0 amide bonds. The minimum atomic E-state index is -0.344. The van der Waals surface area contributed by atoms with Crippen LogP contribution in [0.5, 0.6) is 0 Å². The lowest BCUT2D eigenvalue weighted by atomic mass is 10.0. The lowest BCUT2D eigenvalue weighted by Crippen LogP contribution is -2.02. The molecule has 2 rings (SSSR count). The van der Waals surface area contributed by atoms with Crippen LogP contribution in [-0.2, 0) is 0 Å². The highest BCUT2D eigenvalue weighted by Gasteiger charge is 2.12. The van der Waals surface area contributed by atoms with Gasteiger partial charge in [0.2, 0.25) is 0 Å². The fourth-order valence-electron chi connectivity index (χ4n) is 1.43. The monoisotopic (exact) mass is 404 g/mol. The predicted octanol–water partition coefficient (Wildman–Crippen LogP) is 4.42. The van der Waals surface area contributed by atoms with Crippen molar-refractivity contribution in [2.75, 3.05) is 0 Å². The molecule has 0 spiro atoms. The molecular weight excluding hydrogens is 398 g/mol. The minimum Gasteiger partial charge on any atom is -0.289 e. The van der Waals surface area contributed by atoms with E-state index in [1.165, 1.54) is 24.3 Å². The van der Waals surface area contributed by atoms with Gasteiger partial charge in [0.05, 0.1) is 0 Å². The summed E-state index contributed by atoms with van der Waals surface area (Å²) in [7, 11) is 0. The van der Waals surface area contributed by atoms with E-state index in [9.17, 15) is 9.18 Å². The number of hydrogen-bond donors (Lipinski definition) is 0. The Kier molecular flexibility index (Phi) is 3.93. The van der Waals surface area contributed by atoms with Crippen molar-refractivity contribution in [1.29, 1.82) is 0 Å². The van der Waals surface area contributed by atoms with Crippen LogP contribution in [0.3, 0.4) is 0 Å². The number of ketones is 1. The van der Waals surface area contributed by atoms with Gasteiger partial charge in [-0.05, 0) is 65.1 Å². The molecule has 0 aliphatic heterocycles. The van der Waals surface area contributed by atoms with Gasteiger partial charge in [-0.1, -0.05) is 15.9 Å². The summed E-state index contributed by atoms with van der Waals surface area (Å²) in [5.41, 5.74) is 1.07. The fraction of sp³-hybridized carbons (Fsp3) is 0. The van der Waals surface area contributed by atoms with Crippen molar-refractivity contribution < 1.29 is 9.18 Å². The third-order valence-electron chi connectivity index (χ3n) is 2.28. The van der Waals surface area contributed by atoms with Gasteiger partial charge in [0, 0.05) is 19.2 Å². The molecule has 86 valence electrons. The molecule has 0 saturated heterocycles. The van der Waals surface area contributed by atoms with E-state index < -0.39 is 0 Å². The topological polar surface area (TPSA) is 17.1 Å². The standard InChI is InChI=1S/C13H7BrFIO/c14-12-6-5-10(16)7-11(12)13(17)8-1-3-9(15)4-2-8/h1-7H. The molecule has 0 aliphatic carbocycles. The van der Waals surface area contributed by atoms with Crippen molar-refractivity contribution in [2.45, 2.75) is 0 Å². The van der Waals surface area contributed by atoms with Crippen LogP contribution in [0.15, 0.2) is 46.9 Å². The average molecular weight is 405 g/mol. The van der Waals surface area contributed by atoms with Crippen LogP contribution in [0.4, 0.5) is 4.39 Å². The molecule has 0 fully saturated rings. The highest BCUT2D eigenvalue weighted by atomic mass is 127. The molecule has 0 N–H and O–H groups in total. The second-order valence-electron chi connectivity index (χ2n) is 3.46. The minimum absolute atomic E-state index is 0.115. The van der Waals surface area contributed by atoms with Crippen LogP contribution < -0.4 is 0 Å². The van der Waals surface area contributed by atoms with E-state index in [1.54, 1.807) is 6.07 Å². The van der Waals surface area contributed by atoms with E-state index in [-0.39, 0.29) is 11.6 Å². The van der Waals surface area contributed by atoms with Crippen molar-refractivity contribution in [3.63, 3.8) is 0 Å². The molecule has 17 heavy (non-hydrogen) atoms. The molecule has 2 aromatic rings. The van der Waals surface area contributed by atoms with Gasteiger partial charge in [-0.25, -0.2) is 4.39 Å². The van der Waals surface area contributed by atoms with Gasteiger partial charge in [-0.15, -0.1) is 0 Å². The summed E-state index contributed by atoms with van der Waals surface area (Å²) < 4.78 is 14.5. The molecule has 0 bridgehead atoms. The van der Waals surface area contributed by atoms with Gasteiger partial charge in [-0.3, -0.25) is 4.79 Å². The zero-order chi connectivity index (χ0) is 12.4. The first kappa shape index (κ1) is 12.7. The fourth-order valence-corrected chi connectivity index (χ4v) is 2.35. The molecule has 0 aliphatic rings. The Labute approximate surface area is 120 Å². The number of carbonyl (C=O) groups is 1. The Bertz CT molecular complexity index is 566. The third kappa shape index (κ3) is 2.93. The third-order valence-corrected chi connectivity index (χ3v) is 3.64. The lowest BCUT2D eigenvalue weighted by molar-refractivity contribution is 0.103. The van der Waals surface area contributed by atoms with Crippen LogP contribution in [-0.4, -0.2) is 5.78 Å². The lowest BCUT2D eigenvalue weighted by Gasteiger charge is -2.04. The van der Waals surface area contributed by atoms with E-state index in [1.807, 2.05) is 12.1 Å². The van der Waals surface area contributed by atoms with Gasteiger partial charge < -0.3 is 0 Å². The summed E-state index contributed by atoms with van der Waals surface area (Å²) in [6.07, 6.45) is 0. The molecule has 0 atom stereocenters. The van der Waals surface area contributed by atoms with Crippen LogP contribution in [0, 0.1) is 9.39 Å². The molecule has 1 nitrogen and oxygen atoms in total. The van der Waals surface area contributed by atoms with Crippen LogP contribution in [0.1, 0.15) is 15.9 Å². The summed E-state index contributed by atoms with van der Waals surface area (Å²) in [5.74, 6) is -0.460. The van der Waals surface area contributed by atoms with Gasteiger partial charge in [-0.2, -0.15) is 0 Å². The van der Waals surface area contributed by atoms with Gasteiger partial charge in [0.1, 0.15) is 5.82 Å². The maximum atomic E-state index is 12.8. The van der Waals surface area contributed by atoms with E-state index in [0.717, 1.165) is 8.04 Å². The molecule has 4 heteroatoms. The Hall–Kier alpha value is -0.750. The van der Waals surface area contributed by atoms with Crippen LogP contribution in [0.2, 0.25) is 0 Å². The molecule has 0 aromatic heterocycles. The summed E-state index contributed by atoms with van der Waals surface area (Å²) in [5, 5.41) is 0. The van der Waals surface area contributed by atoms with Gasteiger partial charge in [0.15, 0.2) is 5.78 Å². The second-order valence-corrected chi connectivity index (χ2v) is 5.56. The molecule has 0 heterocycles. The molecule has 0 saturated carbocycles.